The predicted molar refractivity (Wildman–Crippen MR) is 279 cm³/mol. The maximum Gasteiger partial charge on any atom is 0.306 e. The molecule has 0 rings (SSSR count). The number of esters is 3. The van der Waals surface area contributed by atoms with Crippen molar-refractivity contribution in [2.45, 2.75) is 330 Å². The zero-order chi connectivity index (χ0) is 47.7. The summed E-state index contributed by atoms with van der Waals surface area (Å²) >= 11 is 0. The van der Waals surface area contributed by atoms with E-state index in [1.807, 2.05) is 0 Å². The van der Waals surface area contributed by atoms with Gasteiger partial charge >= 0.3 is 17.9 Å². The summed E-state index contributed by atoms with van der Waals surface area (Å²) in [7, 11) is 0. The summed E-state index contributed by atoms with van der Waals surface area (Å²) in [5.74, 6) is 1.66. The average molecular weight is 920 g/mol. The van der Waals surface area contributed by atoms with Crippen LogP contribution in [0.1, 0.15) is 324 Å². The van der Waals surface area contributed by atoms with E-state index in [1.54, 1.807) is 0 Å². The summed E-state index contributed by atoms with van der Waals surface area (Å²) in [5, 5.41) is 0. The highest BCUT2D eigenvalue weighted by Gasteiger charge is 2.19. The van der Waals surface area contributed by atoms with Crippen molar-refractivity contribution in [3.05, 3.63) is 0 Å². The van der Waals surface area contributed by atoms with Crippen molar-refractivity contribution in [3.63, 3.8) is 0 Å². The molecule has 0 radical (unpaired) electrons. The monoisotopic (exact) mass is 919 g/mol. The third-order valence-corrected chi connectivity index (χ3v) is 13.4. The van der Waals surface area contributed by atoms with Crippen molar-refractivity contribution in [2.75, 3.05) is 13.2 Å². The van der Waals surface area contributed by atoms with Crippen LogP contribution in [0.3, 0.4) is 0 Å². The molecule has 6 nitrogen and oxygen atoms in total. The summed E-state index contributed by atoms with van der Waals surface area (Å²) < 4.78 is 16.9. The minimum atomic E-state index is -0.764. The van der Waals surface area contributed by atoms with Gasteiger partial charge in [0.05, 0.1) is 0 Å². The largest absolute Gasteiger partial charge is 0.462 e. The van der Waals surface area contributed by atoms with Gasteiger partial charge in [-0.25, -0.2) is 0 Å². The summed E-state index contributed by atoms with van der Waals surface area (Å²) in [4.78, 5) is 38.1. The number of carbonyl (C=O) groups excluding carboxylic acids is 3. The Morgan fingerprint density at radius 3 is 0.662 bits per heavy atom. The van der Waals surface area contributed by atoms with Crippen molar-refractivity contribution in [1.82, 2.24) is 0 Å². The highest BCUT2D eigenvalue weighted by atomic mass is 16.6. The topological polar surface area (TPSA) is 78.9 Å². The van der Waals surface area contributed by atoms with E-state index in [2.05, 4.69) is 41.5 Å². The van der Waals surface area contributed by atoms with Crippen molar-refractivity contribution in [3.8, 4) is 0 Å². The minimum absolute atomic E-state index is 0.0635. The van der Waals surface area contributed by atoms with E-state index >= 15 is 0 Å². The molecule has 65 heavy (non-hydrogen) atoms. The molecule has 0 aromatic heterocycles. The first-order valence-corrected chi connectivity index (χ1v) is 29.1. The molecular formula is C59H114O6. The fourth-order valence-electron chi connectivity index (χ4n) is 9.00. The molecule has 0 aromatic carbocycles. The van der Waals surface area contributed by atoms with Crippen LogP contribution in [0.5, 0.6) is 0 Å². The summed E-state index contributed by atoms with van der Waals surface area (Å²) in [6, 6.07) is 0. The van der Waals surface area contributed by atoms with Gasteiger partial charge in [0.2, 0.25) is 0 Å². The zero-order valence-electron chi connectivity index (χ0n) is 44.8. The molecule has 0 unspecified atom stereocenters. The van der Waals surface area contributed by atoms with E-state index < -0.39 is 6.10 Å². The molecule has 0 spiro atoms. The number of unbranched alkanes of at least 4 members (excludes halogenated alkanes) is 35. The molecule has 0 aliphatic carbocycles. The van der Waals surface area contributed by atoms with Crippen LogP contribution in [-0.2, 0) is 28.6 Å². The lowest BCUT2D eigenvalue weighted by Gasteiger charge is -2.18. The Morgan fingerprint density at radius 1 is 0.262 bits per heavy atom. The van der Waals surface area contributed by atoms with E-state index in [9.17, 15) is 14.4 Å². The van der Waals surface area contributed by atoms with Crippen molar-refractivity contribution in [1.29, 1.82) is 0 Å². The summed E-state index contributed by atoms with van der Waals surface area (Å²) in [6.45, 7) is 13.8. The molecule has 6 heteroatoms. The minimum Gasteiger partial charge on any atom is -0.462 e. The first kappa shape index (κ1) is 63.4. The molecule has 0 heterocycles. The molecule has 0 saturated carbocycles. The molecule has 0 bridgehead atoms. The third-order valence-electron chi connectivity index (χ3n) is 13.4. The number of ether oxygens (including phenoxy) is 3. The standard InChI is InChI=1S/C59H114O6/c1-53(2)45-39-33-27-21-15-11-8-7-9-13-17-24-30-36-42-48-57(60)63-51-56(52-64-58(61)49-43-37-31-25-20-19-23-29-35-41-47-55(5)6)65-59(62)50-44-38-32-26-18-14-10-12-16-22-28-34-40-46-54(3)4/h53-56H,7-52H2,1-6H3/t56-/m1/s1. The highest BCUT2D eigenvalue weighted by Crippen LogP contribution is 2.18. The van der Waals surface area contributed by atoms with E-state index in [4.69, 9.17) is 14.2 Å². The van der Waals surface area contributed by atoms with Crippen LogP contribution in [0.15, 0.2) is 0 Å². The Morgan fingerprint density at radius 2 is 0.446 bits per heavy atom. The van der Waals surface area contributed by atoms with Crippen molar-refractivity contribution >= 4 is 17.9 Å². The Labute approximate surface area is 406 Å². The van der Waals surface area contributed by atoms with Crippen LogP contribution in [0, 0.1) is 17.8 Å². The molecule has 0 aliphatic heterocycles. The van der Waals surface area contributed by atoms with Gasteiger partial charge in [-0.05, 0) is 37.0 Å². The van der Waals surface area contributed by atoms with Gasteiger partial charge in [0.1, 0.15) is 13.2 Å². The van der Waals surface area contributed by atoms with Crippen LogP contribution in [0.25, 0.3) is 0 Å². The molecule has 386 valence electrons. The molecular weight excluding hydrogens is 805 g/mol. The normalized spacial score (nSPS) is 12.1. The van der Waals surface area contributed by atoms with Gasteiger partial charge in [0.25, 0.3) is 0 Å². The third kappa shape index (κ3) is 53.2. The number of carbonyl (C=O) groups is 3. The van der Waals surface area contributed by atoms with E-state index in [0.29, 0.717) is 19.3 Å². The second kappa shape index (κ2) is 50.3. The molecule has 0 aliphatic rings. The maximum absolute atomic E-state index is 12.9. The molecule has 0 aromatic rings. The lowest BCUT2D eigenvalue weighted by molar-refractivity contribution is -0.167. The predicted octanol–water partition coefficient (Wildman–Crippen LogP) is 19.1. The summed E-state index contributed by atoms with van der Waals surface area (Å²) in [5.41, 5.74) is 0. The molecule has 0 amide bonds. The van der Waals surface area contributed by atoms with Crippen LogP contribution in [0.4, 0.5) is 0 Å². The fourth-order valence-corrected chi connectivity index (χ4v) is 9.00. The van der Waals surface area contributed by atoms with Gasteiger partial charge in [-0.3, -0.25) is 14.4 Å². The van der Waals surface area contributed by atoms with E-state index in [0.717, 1.165) is 75.5 Å². The Hall–Kier alpha value is -1.59. The van der Waals surface area contributed by atoms with Crippen molar-refractivity contribution in [2.24, 2.45) is 17.8 Å². The summed E-state index contributed by atoms with van der Waals surface area (Å²) in [6.07, 6.45) is 52.4. The van der Waals surface area contributed by atoms with Crippen LogP contribution >= 0.6 is 0 Å². The fraction of sp³-hybridized carbons (Fsp3) is 0.949. The Bertz CT molecular complexity index is 1010. The number of hydrogen-bond donors (Lipinski definition) is 0. The quantitative estimate of drug-likeness (QED) is 0.0344. The Kier molecular flexibility index (Phi) is 49.1. The zero-order valence-corrected chi connectivity index (χ0v) is 44.8. The highest BCUT2D eigenvalue weighted by molar-refractivity contribution is 5.71. The van der Waals surface area contributed by atoms with Gasteiger partial charge in [-0.2, -0.15) is 0 Å². The van der Waals surface area contributed by atoms with Gasteiger partial charge in [-0.15, -0.1) is 0 Å². The lowest BCUT2D eigenvalue weighted by Crippen LogP contribution is -2.30. The SMILES string of the molecule is CC(C)CCCCCCCCCCCCCCCCCC(=O)OC[C@H](COC(=O)CCCCCCCCCCCCC(C)C)OC(=O)CCCCCCCCCCCCCCCC(C)C. The smallest absolute Gasteiger partial charge is 0.306 e. The first-order valence-electron chi connectivity index (χ1n) is 29.1. The van der Waals surface area contributed by atoms with Crippen LogP contribution in [-0.4, -0.2) is 37.2 Å². The second-order valence-electron chi connectivity index (χ2n) is 21.7. The molecule has 0 fully saturated rings. The average Bonchev–Trinajstić information content (AvgIpc) is 3.26. The van der Waals surface area contributed by atoms with Crippen molar-refractivity contribution < 1.29 is 28.6 Å². The van der Waals surface area contributed by atoms with Gasteiger partial charge in [-0.1, -0.05) is 286 Å². The van der Waals surface area contributed by atoms with Crippen LogP contribution in [0.2, 0.25) is 0 Å². The first-order chi connectivity index (χ1) is 31.6. The lowest BCUT2D eigenvalue weighted by atomic mass is 10.0. The Balaban J connectivity index is 4.29. The number of rotatable bonds is 52. The molecule has 1 atom stereocenters. The van der Waals surface area contributed by atoms with Gasteiger partial charge in [0, 0.05) is 19.3 Å². The van der Waals surface area contributed by atoms with Crippen LogP contribution < -0.4 is 0 Å². The van der Waals surface area contributed by atoms with Gasteiger partial charge < -0.3 is 14.2 Å². The molecule has 0 N–H and O–H groups in total. The maximum atomic E-state index is 12.9. The number of hydrogen-bond acceptors (Lipinski definition) is 6. The van der Waals surface area contributed by atoms with E-state index in [1.165, 1.54) is 205 Å². The van der Waals surface area contributed by atoms with E-state index in [-0.39, 0.29) is 31.1 Å². The second-order valence-corrected chi connectivity index (χ2v) is 21.7. The van der Waals surface area contributed by atoms with Gasteiger partial charge in [0.15, 0.2) is 6.10 Å². The molecule has 0 saturated heterocycles.